The zero-order chi connectivity index (χ0) is 19.3. The molecule has 0 amide bonds. The molecule has 1 N–H and O–H groups in total. The molecule has 1 aromatic heterocycles. The number of benzene rings is 2. The van der Waals surface area contributed by atoms with Crippen molar-refractivity contribution in [3.8, 4) is 34.0 Å². The van der Waals surface area contributed by atoms with Crippen LogP contribution in [0.1, 0.15) is 0 Å². The molecule has 3 aromatic rings. The van der Waals surface area contributed by atoms with Crippen molar-refractivity contribution in [1.29, 1.82) is 0 Å². The van der Waals surface area contributed by atoms with Crippen molar-refractivity contribution in [2.75, 3.05) is 45.3 Å². The Hall–Kier alpha value is -3.19. The molecule has 0 saturated carbocycles. The Morgan fingerprint density at radius 2 is 1.29 bits per heavy atom. The highest BCUT2D eigenvalue weighted by molar-refractivity contribution is 5.78. The molecule has 0 spiro atoms. The predicted molar refractivity (Wildman–Crippen MR) is 109 cm³/mol. The van der Waals surface area contributed by atoms with Crippen LogP contribution < -0.4 is 19.7 Å². The third-order valence-corrected chi connectivity index (χ3v) is 4.80. The van der Waals surface area contributed by atoms with Crippen LogP contribution >= 0.6 is 0 Å². The van der Waals surface area contributed by atoms with Crippen LogP contribution in [-0.2, 0) is 0 Å². The molecule has 0 bridgehead atoms. The summed E-state index contributed by atoms with van der Waals surface area (Å²) in [5.41, 5.74) is 3.46. The topological polar surface area (TPSA) is 72.4 Å². The van der Waals surface area contributed by atoms with Crippen LogP contribution in [0.5, 0.6) is 11.5 Å². The van der Waals surface area contributed by atoms with E-state index in [0.29, 0.717) is 5.95 Å². The van der Waals surface area contributed by atoms with Crippen molar-refractivity contribution in [1.82, 2.24) is 20.5 Å². The minimum atomic E-state index is 0.657. The van der Waals surface area contributed by atoms with E-state index in [2.05, 4.69) is 20.4 Å². The Balaban J connectivity index is 1.78. The first-order valence-corrected chi connectivity index (χ1v) is 9.28. The molecule has 1 aliphatic heterocycles. The summed E-state index contributed by atoms with van der Waals surface area (Å²) in [6.07, 6.45) is 0. The van der Waals surface area contributed by atoms with Crippen LogP contribution in [0.4, 0.5) is 5.95 Å². The number of nitrogens with one attached hydrogen (secondary N) is 1. The Labute approximate surface area is 164 Å². The van der Waals surface area contributed by atoms with Gasteiger partial charge in [-0.3, -0.25) is 0 Å². The molecule has 0 atom stereocenters. The second-order valence-electron chi connectivity index (χ2n) is 6.50. The molecule has 144 valence electrons. The number of aromatic nitrogens is 3. The van der Waals surface area contributed by atoms with Crippen LogP contribution in [0.15, 0.2) is 48.5 Å². The fraction of sp³-hybridized carbons (Fsp3) is 0.286. The van der Waals surface area contributed by atoms with Gasteiger partial charge in [0, 0.05) is 37.3 Å². The lowest BCUT2D eigenvalue weighted by molar-refractivity contribution is 0.414. The third kappa shape index (κ3) is 3.75. The van der Waals surface area contributed by atoms with Gasteiger partial charge in [0.2, 0.25) is 5.95 Å². The van der Waals surface area contributed by atoms with E-state index in [1.807, 2.05) is 48.5 Å². The van der Waals surface area contributed by atoms with E-state index in [1.165, 1.54) is 0 Å². The Morgan fingerprint density at radius 3 is 1.82 bits per heavy atom. The second-order valence-corrected chi connectivity index (χ2v) is 6.50. The van der Waals surface area contributed by atoms with E-state index in [4.69, 9.17) is 14.5 Å². The minimum Gasteiger partial charge on any atom is -0.497 e. The number of nitrogens with zero attached hydrogens (tertiary/aromatic N) is 4. The van der Waals surface area contributed by atoms with E-state index in [0.717, 1.165) is 60.2 Å². The van der Waals surface area contributed by atoms with Crippen molar-refractivity contribution in [3.05, 3.63) is 48.5 Å². The molecule has 0 unspecified atom stereocenters. The number of ether oxygens (including phenoxy) is 2. The summed E-state index contributed by atoms with van der Waals surface area (Å²) >= 11 is 0. The van der Waals surface area contributed by atoms with Gasteiger partial charge in [-0.1, -0.05) is 0 Å². The number of anilines is 1. The maximum absolute atomic E-state index is 5.29. The fourth-order valence-electron chi connectivity index (χ4n) is 3.21. The molecule has 2 heterocycles. The highest BCUT2D eigenvalue weighted by atomic mass is 16.5. The van der Waals surface area contributed by atoms with Crippen LogP contribution in [0, 0.1) is 0 Å². The Kier molecular flexibility index (Phi) is 5.34. The zero-order valence-corrected chi connectivity index (χ0v) is 16.1. The van der Waals surface area contributed by atoms with Crippen LogP contribution in [0.3, 0.4) is 0 Å². The van der Waals surface area contributed by atoms with Crippen LogP contribution in [0.25, 0.3) is 22.5 Å². The fourth-order valence-corrected chi connectivity index (χ4v) is 3.21. The number of methoxy groups -OCH3 is 2. The van der Waals surface area contributed by atoms with Crippen molar-refractivity contribution >= 4 is 5.95 Å². The highest BCUT2D eigenvalue weighted by Gasteiger charge is 2.18. The van der Waals surface area contributed by atoms with Crippen molar-refractivity contribution in [2.24, 2.45) is 0 Å². The SMILES string of the molecule is COc1ccc(-c2nnc(N3CCNCC3)nc2-c2ccc(OC)cc2)cc1. The van der Waals surface area contributed by atoms with E-state index >= 15 is 0 Å². The van der Waals surface area contributed by atoms with Gasteiger partial charge in [0.1, 0.15) is 22.9 Å². The Morgan fingerprint density at radius 1 is 0.750 bits per heavy atom. The van der Waals surface area contributed by atoms with Gasteiger partial charge in [-0.25, -0.2) is 4.98 Å². The summed E-state index contributed by atoms with van der Waals surface area (Å²) in [6.45, 7) is 3.57. The molecular weight excluding hydrogens is 354 g/mol. The van der Waals surface area contributed by atoms with Crippen LogP contribution in [-0.4, -0.2) is 55.6 Å². The first-order chi connectivity index (χ1) is 13.8. The normalized spacial score (nSPS) is 14.0. The van der Waals surface area contributed by atoms with E-state index in [-0.39, 0.29) is 0 Å². The molecule has 28 heavy (non-hydrogen) atoms. The number of piperazine rings is 1. The molecule has 0 radical (unpaired) electrons. The number of hydrogen-bond acceptors (Lipinski definition) is 7. The van der Waals surface area contributed by atoms with Crippen LogP contribution in [0.2, 0.25) is 0 Å². The van der Waals surface area contributed by atoms with Gasteiger partial charge in [-0.05, 0) is 48.5 Å². The molecule has 2 aromatic carbocycles. The average molecular weight is 377 g/mol. The monoisotopic (exact) mass is 377 g/mol. The predicted octanol–water partition coefficient (Wildman–Crippen LogP) is 2.63. The summed E-state index contributed by atoms with van der Waals surface area (Å²) < 4.78 is 10.6. The molecule has 1 aliphatic rings. The van der Waals surface area contributed by atoms with Gasteiger partial charge in [0.15, 0.2) is 0 Å². The smallest absolute Gasteiger partial charge is 0.246 e. The molecule has 7 heteroatoms. The third-order valence-electron chi connectivity index (χ3n) is 4.80. The molecule has 1 saturated heterocycles. The maximum atomic E-state index is 5.29. The first kappa shape index (κ1) is 18.2. The second kappa shape index (κ2) is 8.22. The first-order valence-electron chi connectivity index (χ1n) is 9.28. The van der Waals surface area contributed by atoms with Gasteiger partial charge in [0.05, 0.1) is 14.2 Å². The highest BCUT2D eigenvalue weighted by Crippen LogP contribution is 2.31. The minimum absolute atomic E-state index is 0.657. The summed E-state index contributed by atoms with van der Waals surface area (Å²) in [5.74, 6) is 2.26. The molecular formula is C21H23N5O2. The van der Waals surface area contributed by atoms with Crippen molar-refractivity contribution < 1.29 is 9.47 Å². The van der Waals surface area contributed by atoms with Gasteiger partial charge >= 0.3 is 0 Å². The van der Waals surface area contributed by atoms with Gasteiger partial charge in [-0.2, -0.15) is 0 Å². The largest absolute Gasteiger partial charge is 0.497 e. The summed E-state index contributed by atoms with van der Waals surface area (Å²) in [7, 11) is 3.31. The maximum Gasteiger partial charge on any atom is 0.246 e. The number of rotatable bonds is 5. The quantitative estimate of drug-likeness (QED) is 0.733. The lowest BCUT2D eigenvalue weighted by Gasteiger charge is -2.27. The zero-order valence-electron chi connectivity index (χ0n) is 16.1. The standard InChI is InChI=1S/C21H23N5O2/c1-27-17-7-3-15(4-8-17)19-20(16-5-9-18(28-2)10-6-16)24-25-21(23-19)26-13-11-22-12-14-26/h3-10,22H,11-14H2,1-2H3. The van der Waals surface area contributed by atoms with E-state index in [9.17, 15) is 0 Å². The molecule has 4 rings (SSSR count). The van der Waals surface area contributed by atoms with E-state index in [1.54, 1.807) is 14.2 Å². The van der Waals surface area contributed by atoms with Gasteiger partial charge in [0.25, 0.3) is 0 Å². The Bertz CT molecular complexity index is 923. The van der Waals surface area contributed by atoms with Crippen molar-refractivity contribution in [3.63, 3.8) is 0 Å². The number of hydrogen-bond donors (Lipinski definition) is 1. The molecule has 1 fully saturated rings. The summed E-state index contributed by atoms with van der Waals surface area (Å²) in [5, 5.41) is 12.3. The average Bonchev–Trinajstić information content (AvgIpc) is 2.79. The molecule has 0 aliphatic carbocycles. The lowest BCUT2D eigenvalue weighted by atomic mass is 10.0. The lowest BCUT2D eigenvalue weighted by Crippen LogP contribution is -2.44. The van der Waals surface area contributed by atoms with Gasteiger partial charge in [-0.15, -0.1) is 10.2 Å². The molecule has 7 nitrogen and oxygen atoms in total. The van der Waals surface area contributed by atoms with Gasteiger partial charge < -0.3 is 19.7 Å². The summed E-state index contributed by atoms with van der Waals surface area (Å²) in [6, 6.07) is 15.6. The summed E-state index contributed by atoms with van der Waals surface area (Å²) in [4.78, 5) is 7.05. The van der Waals surface area contributed by atoms with Crippen molar-refractivity contribution in [2.45, 2.75) is 0 Å². The van der Waals surface area contributed by atoms with E-state index < -0.39 is 0 Å².